The molecule has 0 bridgehead atoms. The van der Waals surface area contributed by atoms with E-state index in [0.29, 0.717) is 37.4 Å². The van der Waals surface area contributed by atoms with Crippen molar-refractivity contribution < 1.29 is 29.3 Å². The van der Waals surface area contributed by atoms with Gasteiger partial charge in [-0.3, -0.25) is 14.4 Å². The molecule has 0 spiro atoms. The van der Waals surface area contributed by atoms with E-state index in [-0.39, 0.29) is 48.6 Å². The SMILES string of the molecule is CCCCCCN(C(=O)CCCC)[C@H](CC(OCC)c1nc(C(=O)N[C@@H](Cc2ccc(NCCO)cc2)CC(C)(C)C(=O)O)cs1)C(C)C. The van der Waals surface area contributed by atoms with Gasteiger partial charge < -0.3 is 30.5 Å². The fourth-order valence-electron chi connectivity index (χ4n) is 6.00. The number of aliphatic hydroxyl groups excluding tert-OH is 1. The summed E-state index contributed by atoms with van der Waals surface area (Å²) < 4.78 is 6.24. The number of nitrogens with zero attached hydrogens (tertiary/aromatic N) is 2. The van der Waals surface area contributed by atoms with Crippen LogP contribution in [0.25, 0.3) is 0 Å². The van der Waals surface area contributed by atoms with Crippen molar-refractivity contribution in [3.05, 3.63) is 45.9 Å². The molecule has 10 nitrogen and oxygen atoms in total. The number of carbonyl (C=O) groups excluding carboxylic acids is 2. The van der Waals surface area contributed by atoms with E-state index in [0.717, 1.165) is 56.3 Å². The molecule has 0 fully saturated rings. The molecule has 4 N–H and O–H groups in total. The molecule has 1 aromatic heterocycles. The van der Waals surface area contributed by atoms with Crippen molar-refractivity contribution in [2.45, 2.75) is 131 Å². The van der Waals surface area contributed by atoms with Gasteiger partial charge in [0, 0.05) is 55.7 Å². The molecule has 0 aliphatic heterocycles. The maximum atomic E-state index is 13.6. The number of aliphatic hydroxyl groups is 1. The highest BCUT2D eigenvalue weighted by atomic mass is 32.1. The molecular weight excluding hydrogens is 641 g/mol. The first-order chi connectivity index (χ1) is 23.4. The van der Waals surface area contributed by atoms with Crippen LogP contribution in [0.15, 0.2) is 29.6 Å². The minimum Gasteiger partial charge on any atom is -0.481 e. The molecule has 1 heterocycles. The molecule has 2 aromatic rings. The van der Waals surface area contributed by atoms with Crippen molar-refractivity contribution in [1.29, 1.82) is 0 Å². The summed E-state index contributed by atoms with van der Waals surface area (Å²) in [5.41, 5.74) is 1.02. The maximum Gasteiger partial charge on any atom is 0.309 e. The Bertz CT molecular complexity index is 1270. The summed E-state index contributed by atoms with van der Waals surface area (Å²) in [6.07, 6.45) is 7.62. The number of amides is 2. The Hall–Kier alpha value is -3.02. The number of thiazole rings is 1. The van der Waals surface area contributed by atoms with Gasteiger partial charge in [-0.05, 0) is 70.1 Å². The predicted octanol–water partition coefficient (Wildman–Crippen LogP) is 7.48. The highest BCUT2D eigenvalue weighted by molar-refractivity contribution is 7.09. The normalized spacial score (nSPS) is 13.6. The Labute approximate surface area is 298 Å². The van der Waals surface area contributed by atoms with Crippen LogP contribution in [0.5, 0.6) is 0 Å². The second-order valence-electron chi connectivity index (χ2n) is 13.9. The smallest absolute Gasteiger partial charge is 0.309 e. The number of aliphatic carboxylic acids is 1. The van der Waals surface area contributed by atoms with E-state index >= 15 is 0 Å². The summed E-state index contributed by atoms with van der Waals surface area (Å²) in [6, 6.07) is 7.19. The summed E-state index contributed by atoms with van der Waals surface area (Å²) in [7, 11) is 0. The number of nitrogens with one attached hydrogen (secondary N) is 2. The molecule has 2 rings (SSSR count). The molecule has 0 aliphatic rings. The molecule has 0 saturated heterocycles. The minimum atomic E-state index is -1.06. The summed E-state index contributed by atoms with van der Waals surface area (Å²) in [5.74, 6) is -0.894. The monoisotopic (exact) mass is 702 g/mol. The molecule has 0 aliphatic carbocycles. The second kappa shape index (κ2) is 21.9. The summed E-state index contributed by atoms with van der Waals surface area (Å²) >= 11 is 1.38. The van der Waals surface area contributed by atoms with E-state index < -0.39 is 17.4 Å². The molecule has 0 saturated carbocycles. The number of ether oxygens (including phenoxy) is 1. The lowest BCUT2D eigenvalue weighted by molar-refractivity contribution is -0.147. The number of benzene rings is 1. The van der Waals surface area contributed by atoms with Gasteiger partial charge in [-0.25, -0.2) is 4.98 Å². The largest absolute Gasteiger partial charge is 0.481 e. The van der Waals surface area contributed by atoms with Gasteiger partial charge in [0.2, 0.25) is 5.91 Å². The van der Waals surface area contributed by atoms with E-state index in [1.165, 1.54) is 11.3 Å². The third kappa shape index (κ3) is 14.4. The Kier molecular flexibility index (Phi) is 18.9. The van der Waals surface area contributed by atoms with Gasteiger partial charge in [-0.15, -0.1) is 11.3 Å². The Morgan fingerprint density at radius 3 is 2.31 bits per heavy atom. The van der Waals surface area contributed by atoms with Crippen LogP contribution in [0.2, 0.25) is 0 Å². The molecule has 1 unspecified atom stereocenters. The lowest BCUT2D eigenvalue weighted by Crippen LogP contribution is -2.45. The van der Waals surface area contributed by atoms with Crippen LogP contribution in [0.4, 0.5) is 5.69 Å². The quantitative estimate of drug-likeness (QED) is 0.0781. The first-order valence-electron chi connectivity index (χ1n) is 18.2. The zero-order valence-corrected chi connectivity index (χ0v) is 31.7. The van der Waals surface area contributed by atoms with Crippen LogP contribution < -0.4 is 10.6 Å². The van der Waals surface area contributed by atoms with Crippen molar-refractivity contribution in [2.75, 3.05) is 31.6 Å². The first-order valence-corrected chi connectivity index (χ1v) is 19.1. The molecule has 3 atom stereocenters. The fraction of sp³-hybridized carbons (Fsp3) is 0.684. The van der Waals surface area contributed by atoms with Gasteiger partial charge in [0.05, 0.1) is 12.0 Å². The molecular formula is C38H62N4O6S. The van der Waals surface area contributed by atoms with Gasteiger partial charge in [0.25, 0.3) is 5.91 Å². The van der Waals surface area contributed by atoms with E-state index in [4.69, 9.17) is 14.8 Å². The zero-order chi connectivity index (χ0) is 36.4. The molecule has 49 heavy (non-hydrogen) atoms. The number of rotatable bonds is 25. The van der Waals surface area contributed by atoms with Crippen molar-refractivity contribution in [3.63, 3.8) is 0 Å². The van der Waals surface area contributed by atoms with Crippen LogP contribution in [-0.2, 0) is 20.7 Å². The number of anilines is 1. The van der Waals surface area contributed by atoms with Gasteiger partial charge in [-0.2, -0.15) is 0 Å². The van der Waals surface area contributed by atoms with Gasteiger partial charge >= 0.3 is 5.97 Å². The zero-order valence-electron chi connectivity index (χ0n) is 30.9. The molecule has 0 radical (unpaired) electrons. The third-order valence-electron chi connectivity index (χ3n) is 8.89. The molecule has 11 heteroatoms. The maximum absolute atomic E-state index is 13.6. The van der Waals surface area contributed by atoms with Gasteiger partial charge in [-0.1, -0.05) is 65.5 Å². The summed E-state index contributed by atoms with van der Waals surface area (Å²) in [6.45, 7) is 15.5. The number of hydrogen-bond acceptors (Lipinski definition) is 8. The average Bonchev–Trinajstić information content (AvgIpc) is 3.56. The van der Waals surface area contributed by atoms with Crippen LogP contribution in [-0.4, -0.2) is 76.3 Å². The van der Waals surface area contributed by atoms with E-state index in [1.54, 1.807) is 19.2 Å². The van der Waals surface area contributed by atoms with Crippen molar-refractivity contribution in [2.24, 2.45) is 11.3 Å². The number of carboxylic acid groups (broad SMARTS) is 1. The number of carboxylic acids is 1. The third-order valence-corrected chi connectivity index (χ3v) is 9.83. The standard InChI is InChI=1S/C38H62N4O6S/c1-8-11-13-14-21-42(34(44)15-12-9-2)32(27(4)5)24-33(48-10-3)36-41-31(26-49-36)35(45)40-30(25-38(6,7)37(46)47)23-28-16-18-29(19-17-28)39-20-22-43/h16-19,26-27,30,32-33,39,43H,8-15,20-25H2,1-7H3,(H,40,45)(H,46,47)/t30-,32+,33?/m0/s1. The van der Waals surface area contributed by atoms with Gasteiger partial charge in [0.15, 0.2) is 0 Å². The molecule has 276 valence electrons. The lowest BCUT2D eigenvalue weighted by Gasteiger charge is -2.36. The van der Waals surface area contributed by atoms with E-state index in [2.05, 4.69) is 43.2 Å². The van der Waals surface area contributed by atoms with Crippen LogP contribution in [0.1, 0.15) is 133 Å². The summed E-state index contributed by atoms with van der Waals surface area (Å²) in [5, 5.41) is 27.5. The number of unbranched alkanes of at least 4 members (excludes halogenated alkanes) is 4. The first kappa shape index (κ1) is 42.1. The Morgan fingerprint density at radius 2 is 1.71 bits per heavy atom. The summed E-state index contributed by atoms with van der Waals surface area (Å²) in [4.78, 5) is 46.0. The average molecular weight is 703 g/mol. The molecule has 1 aromatic carbocycles. The van der Waals surface area contributed by atoms with E-state index in [1.807, 2.05) is 31.2 Å². The van der Waals surface area contributed by atoms with Crippen LogP contribution >= 0.6 is 11.3 Å². The minimum absolute atomic E-state index is 0.0262. The number of hydrogen-bond donors (Lipinski definition) is 4. The predicted molar refractivity (Wildman–Crippen MR) is 198 cm³/mol. The van der Waals surface area contributed by atoms with Crippen molar-refractivity contribution >= 4 is 34.8 Å². The molecule has 2 amide bonds. The highest BCUT2D eigenvalue weighted by Gasteiger charge is 2.33. The Balaban J connectivity index is 2.29. The van der Waals surface area contributed by atoms with Crippen molar-refractivity contribution in [3.8, 4) is 0 Å². The van der Waals surface area contributed by atoms with Gasteiger partial charge in [0.1, 0.15) is 16.8 Å². The van der Waals surface area contributed by atoms with E-state index in [9.17, 15) is 19.5 Å². The fourth-order valence-corrected chi connectivity index (χ4v) is 6.86. The van der Waals surface area contributed by atoms with Crippen molar-refractivity contribution in [1.82, 2.24) is 15.2 Å². The number of carbonyl (C=O) groups is 3. The van der Waals surface area contributed by atoms with Crippen LogP contribution in [0.3, 0.4) is 0 Å². The topological polar surface area (TPSA) is 141 Å². The highest BCUT2D eigenvalue weighted by Crippen LogP contribution is 2.32. The van der Waals surface area contributed by atoms with Crippen LogP contribution in [0, 0.1) is 11.3 Å². The Morgan fingerprint density at radius 1 is 1.02 bits per heavy atom. The number of aromatic nitrogens is 1. The second-order valence-corrected chi connectivity index (χ2v) is 14.8. The lowest BCUT2D eigenvalue weighted by atomic mass is 9.84.